The monoisotopic (exact) mass is 733 g/mol. The highest BCUT2D eigenvalue weighted by molar-refractivity contribution is 6.29. The molecule has 9 rings (SSSR count). The van der Waals surface area contributed by atoms with Crippen LogP contribution < -0.4 is 26.6 Å². The van der Waals surface area contributed by atoms with E-state index in [-0.39, 0.29) is 36.5 Å². The number of benzene rings is 1. The van der Waals surface area contributed by atoms with Gasteiger partial charge in [-0.1, -0.05) is 23.7 Å². The van der Waals surface area contributed by atoms with Crippen LogP contribution in [0.25, 0.3) is 23.4 Å². The van der Waals surface area contributed by atoms with Crippen molar-refractivity contribution in [2.45, 2.75) is 45.4 Å². The zero-order valence-electron chi connectivity index (χ0n) is 28.8. The molecule has 0 unspecified atom stereocenters. The van der Waals surface area contributed by atoms with Crippen molar-refractivity contribution in [2.75, 3.05) is 29.0 Å². The Bertz CT molecular complexity index is 2370. The summed E-state index contributed by atoms with van der Waals surface area (Å²) in [5, 5.41) is 23.9. The summed E-state index contributed by atoms with van der Waals surface area (Å²) in [7, 11) is 0. The number of imide groups is 2. The summed E-state index contributed by atoms with van der Waals surface area (Å²) in [6, 6.07) is 11.7. The van der Waals surface area contributed by atoms with Gasteiger partial charge in [-0.05, 0) is 74.3 Å². The SMILES string of the molecule is Cc1cccc(Nc2cc(NCC3CC3)n3ncc(/C=C4\CC(=O)NC4=O)c3n2)c1.O=C1C/C(=C\c2cnn3c(NCC4CC4)cc(Cl)nc23)C(=O)N1. The number of rotatable bonds is 10. The summed E-state index contributed by atoms with van der Waals surface area (Å²) < 4.78 is 3.40. The first-order valence-electron chi connectivity index (χ1n) is 17.5. The fourth-order valence-electron chi connectivity index (χ4n) is 6.08. The van der Waals surface area contributed by atoms with Gasteiger partial charge in [-0.25, -0.2) is 9.97 Å². The quantitative estimate of drug-likeness (QED) is 0.0763. The van der Waals surface area contributed by atoms with Crippen LogP contribution in [-0.4, -0.2) is 65.9 Å². The molecule has 4 aliphatic rings. The molecule has 53 heavy (non-hydrogen) atoms. The number of carbonyl (C=O) groups is 4. The molecule has 0 spiro atoms. The summed E-state index contributed by atoms with van der Waals surface area (Å²) in [6.07, 6.45) is 11.7. The normalized spacial score (nSPS) is 18.5. The standard InChI is InChI=1S/C22H22N6O2.C15H14ClN5O2/c1-13-3-2-4-17(7-13)25-18-10-19(23-11-14-5-6-14)28-21(26-18)16(12-24-28)8-15-9-20(29)27-22(15)30;16-11-5-12(17-6-8-1-2-8)21-14(19-11)10(7-18-21)3-9-4-13(22)20-15(9)23/h2-4,7-8,10,12,14,23H,5-6,9,11H2,1H3,(H,25,26)(H,27,29,30);3,5,7-8,17H,1-2,4,6H2,(H,20,22,23)/b15-8+;9-3+. The molecule has 5 N–H and O–H groups in total. The first-order chi connectivity index (χ1) is 25.6. The molecule has 15 nitrogen and oxygen atoms in total. The zero-order valence-corrected chi connectivity index (χ0v) is 29.5. The lowest BCUT2D eigenvalue weighted by atomic mass is 10.1. The molecular formula is C37H36ClN11O4. The van der Waals surface area contributed by atoms with Crippen LogP contribution in [0.1, 0.15) is 55.2 Å². The van der Waals surface area contributed by atoms with Crippen LogP contribution >= 0.6 is 11.6 Å². The van der Waals surface area contributed by atoms with Crippen LogP contribution in [0.15, 0.2) is 59.9 Å². The maximum Gasteiger partial charge on any atom is 0.254 e. The van der Waals surface area contributed by atoms with Crippen molar-refractivity contribution < 1.29 is 19.2 Å². The minimum absolute atomic E-state index is 0.0729. The maximum atomic E-state index is 12.0. The van der Waals surface area contributed by atoms with Gasteiger partial charge in [0.1, 0.15) is 22.6 Å². The Kier molecular flexibility index (Phi) is 9.08. The number of nitrogens with zero attached hydrogens (tertiary/aromatic N) is 6. The minimum Gasteiger partial charge on any atom is -0.370 e. The topological polar surface area (TPSA) is 189 Å². The average molecular weight is 734 g/mol. The van der Waals surface area contributed by atoms with Crippen LogP contribution in [0.3, 0.4) is 0 Å². The minimum atomic E-state index is -0.372. The molecule has 4 amide bonds. The summed E-state index contributed by atoms with van der Waals surface area (Å²) in [5.41, 5.74) is 5.43. The van der Waals surface area contributed by atoms with E-state index in [9.17, 15) is 19.2 Å². The number of anilines is 4. The van der Waals surface area contributed by atoms with Gasteiger partial charge in [0, 0.05) is 53.2 Å². The predicted molar refractivity (Wildman–Crippen MR) is 199 cm³/mol. The fourth-order valence-corrected chi connectivity index (χ4v) is 6.26. The van der Waals surface area contributed by atoms with E-state index in [0.717, 1.165) is 36.0 Å². The van der Waals surface area contributed by atoms with Crippen molar-refractivity contribution in [3.05, 3.63) is 81.8 Å². The van der Waals surface area contributed by atoms with E-state index in [0.29, 0.717) is 56.4 Å². The Morgan fingerprint density at radius 3 is 1.83 bits per heavy atom. The lowest BCUT2D eigenvalue weighted by Gasteiger charge is -2.12. The molecule has 4 aromatic heterocycles. The second-order valence-corrected chi connectivity index (χ2v) is 14.1. The Hall–Kier alpha value is -6.09. The molecule has 16 heteroatoms. The fraction of sp³-hybridized carbons (Fsp3) is 0.297. The molecular weight excluding hydrogens is 698 g/mol. The van der Waals surface area contributed by atoms with Gasteiger partial charge >= 0.3 is 0 Å². The molecule has 2 saturated carbocycles. The Labute approximate surface area is 308 Å². The van der Waals surface area contributed by atoms with Crippen molar-refractivity contribution in [3.63, 3.8) is 0 Å². The Balaban J connectivity index is 0.000000156. The second kappa shape index (κ2) is 14.1. The van der Waals surface area contributed by atoms with Gasteiger partial charge in [0.25, 0.3) is 11.8 Å². The molecule has 5 aromatic rings. The number of nitrogens with one attached hydrogen (secondary N) is 5. The number of hydrogen-bond donors (Lipinski definition) is 5. The number of aromatic nitrogens is 6. The van der Waals surface area contributed by atoms with E-state index in [1.807, 2.05) is 31.2 Å². The number of amides is 4. The van der Waals surface area contributed by atoms with Crippen molar-refractivity contribution in [3.8, 4) is 0 Å². The third-order valence-corrected chi connectivity index (χ3v) is 9.44. The van der Waals surface area contributed by atoms with Crippen molar-refractivity contribution in [2.24, 2.45) is 11.8 Å². The van der Waals surface area contributed by atoms with Crippen LogP contribution in [0.4, 0.5) is 23.1 Å². The van der Waals surface area contributed by atoms with Crippen molar-refractivity contribution in [1.82, 2.24) is 39.8 Å². The van der Waals surface area contributed by atoms with E-state index in [4.69, 9.17) is 16.6 Å². The smallest absolute Gasteiger partial charge is 0.254 e. The number of aryl methyl sites for hydroxylation is 1. The average Bonchev–Trinajstić information content (AvgIpc) is 4.00. The third-order valence-electron chi connectivity index (χ3n) is 9.25. The first-order valence-corrected chi connectivity index (χ1v) is 17.9. The predicted octanol–water partition coefficient (Wildman–Crippen LogP) is 4.67. The Morgan fingerprint density at radius 2 is 1.32 bits per heavy atom. The van der Waals surface area contributed by atoms with Crippen molar-refractivity contribution >= 4 is 81.8 Å². The molecule has 2 aliphatic heterocycles. The summed E-state index contributed by atoms with van der Waals surface area (Å²) in [6.45, 7) is 3.80. The summed E-state index contributed by atoms with van der Waals surface area (Å²) in [5.74, 6) is 2.37. The highest BCUT2D eigenvalue weighted by Crippen LogP contribution is 2.31. The molecule has 2 aliphatic carbocycles. The van der Waals surface area contributed by atoms with Gasteiger partial charge in [0.2, 0.25) is 11.8 Å². The molecule has 6 heterocycles. The maximum absolute atomic E-state index is 12.0. The lowest BCUT2D eigenvalue weighted by Crippen LogP contribution is -2.19. The van der Waals surface area contributed by atoms with E-state index in [1.54, 1.807) is 39.6 Å². The summed E-state index contributed by atoms with van der Waals surface area (Å²) in [4.78, 5) is 55.5. The lowest BCUT2D eigenvalue weighted by molar-refractivity contribution is -0.125. The highest BCUT2D eigenvalue weighted by Gasteiger charge is 2.27. The third kappa shape index (κ3) is 7.89. The van der Waals surface area contributed by atoms with E-state index < -0.39 is 0 Å². The molecule has 270 valence electrons. The van der Waals surface area contributed by atoms with Crippen molar-refractivity contribution in [1.29, 1.82) is 0 Å². The second-order valence-electron chi connectivity index (χ2n) is 13.8. The van der Waals surface area contributed by atoms with Crippen LogP contribution in [0, 0.1) is 18.8 Å². The number of carbonyl (C=O) groups excluding carboxylic acids is 4. The van der Waals surface area contributed by atoms with Crippen LogP contribution in [0.5, 0.6) is 0 Å². The molecule has 2 saturated heterocycles. The first kappa shape index (κ1) is 34.0. The van der Waals surface area contributed by atoms with E-state index in [1.165, 1.54) is 25.7 Å². The number of halogens is 1. The van der Waals surface area contributed by atoms with E-state index in [2.05, 4.69) is 47.8 Å². The number of hydrogen-bond acceptors (Lipinski definition) is 11. The van der Waals surface area contributed by atoms with Gasteiger partial charge in [0.05, 0.1) is 25.2 Å². The van der Waals surface area contributed by atoms with Gasteiger partial charge in [-0.2, -0.15) is 19.2 Å². The van der Waals surface area contributed by atoms with Gasteiger partial charge in [-0.3, -0.25) is 29.8 Å². The molecule has 4 fully saturated rings. The van der Waals surface area contributed by atoms with Crippen LogP contribution in [-0.2, 0) is 19.2 Å². The van der Waals surface area contributed by atoms with Gasteiger partial charge in [0.15, 0.2) is 11.3 Å². The molecule has 0 radical (unpaired) electrons. The van der Waals surface area contributed by atoms with Gasteiger partial charge < -0.3 is 16.0 Å². The number of fused-ring (bicyclic) bond motifs is 2. The molecule has 0 bridgehead atoms. The van der Waals surface area contributed by atoms with E-state index >= 15 is 0 Å². The molecule has 1 aromatic carbocycles. The Morgan fingerprint density at radius 1 is 0.774 bits per heavy atom. The largest absolute Gasteiger partial charge is 0.370 e. The van der Waals surface area contributed by atoms with Crippen LogP contribution in [0.2, 0.25) is 5.15 Å². The van der Waals surface area contributed by atoms with Gasteiger partial charge in [-0.15, -0.1) is 0 Å². The summed E-state index contributed by atoms with van der Waals surface area (Å²) >= 11 is 6.11. The molecule has 0 atom stereocenters. The zero-order chi connectivity index (χ0) is 36.6. The highest BCUT2D eigenvalue weighted by atomic mass is 35.5.